The Morgan fingerprint density at radius 2 is 1.68 bits per heavy atom. The Balaban J connectivity index is 2.07. The monoisotopic (exact) mass is 246 g/mol. The first-order valence-corrected chi connectivity index (χ1v) is 6.64. The number of aromatic nitrogens is 1. The van der Waals surface area contributed by atoms with Crippen LogP contribution in [0.15, 0.2) is 54.6 Å². The summed E-state index contributed by atoms with van der Waals surface area (Å²) < 4.78 is 0. The minimum Gasteiger partial charge on any atom is -0.384 e. The Morgan fingerprint density at radius 1 is 0.895 bits per heavy atom. The van der Waals surface area contributed by atoms with Gasteiger partial charge in [0.25, 0.3) is 0 Å². The molecule has 4 rings (SSSR count). The van der Waals surface area contributed by atoms with Crippen LogP contribution in [0.4, 0.5) is 5.69 Å². The zero-order valence-electron chi connectivity index (χ0n) is 10.6. The van der Waals surface area contributed by atoms with E-state index in [2.05, 4.69) is 47.8 Å². The molecular weight excluding hydrogens is 232 g/mol. The molecule has 2 nitrogen and oxygen atoms in total. The molecule has 0 saturated heterocycles. The molecule has 0 spiro atoms. The number of nitrogens with zero attached hydrogens (tertiary/aromatic N) is 1. The Bertz CT molecular complexity index is 748. The van der Waals surface area contributed by atoms with Crippen LogP contribution in [-0.2, 0) is 6.42 Å². The third-order valence-electron chi connectivity index (χ3n) is 3.72. The molecule has 2 heteroatoms. The maximum Gasteiger partial charge on any atom is 0.0762 e. The minimum absolute atomic E-state index is 1.00. The highest BCUT2D eigenvalue weighted by Gasteiger charge is 2.19. The van der Waals surface area contributed by atoms with E-state index in [1.807, 2.05) is 12.1 Å². The molecule has 0 bridgehead atoms. The summed E-state index contributed by atoms with van der Waals surface area (Å²) in [7, 11) is 0. The summed E-state index contributed by atoms with van der Waals surface area (Å²) in [4.78, 5) is 4.88. The van der Waals surface area contributed by atoms with Gasteiger partial charge in [-0.15, -0.1) is 0 Å². The first-order valence-electron chi connectivity index (χ1n) is 6.64. The van der Waals surface area contributed by atoms with Gasteiger partial charge in [0, 0.05) is 28.7 Å². The molecule has 0 aliphatic carbocycles. The molecule has 0 atom stereocenters. The molecule has 0 saturated carbocycles. The van der Waals surface area contributed by atoms with Crippen molar-refractivity contribution in [2.75, 3.05) is 11.9 Å². The van der Waals surface area contributed by atoms with Crippen molar-refractivity contribution < 1.29 is 0 Å². The quantitative estimate of drug-likeness (QED) is 0.705. The zero-order valence-corrected chi connectivity index (χ0v) is 10.6. The maximum atomic E-state index is 4.88. The summed E-state index contributed by atoms with van der Waals surface area (Å²) in [6.45, 7) is 1.00. The molecule has 1 aliphatic heterocycles. The van der Waals surface area contributed by atoms with Crippen molar-refractivity contribution in [2.24, 2.45) is 0 Å². The number of rotatable bonds is 1. The van der Waals surface area contributed by atoms with Crippen molar-refractivity contribution in [1.29, 1.82) is 0 Å². The third-order valence-corrected chi connectivity index (χ3v) is 3.72. The Hall–Kier alpha value is -2.35. The van der Waals surface area contributed by atoms with E-state index in [0.717, 1.165) is 24.2 Å². The molecular formula is C17H14N2. The van der Waals surface area contributed by atoms with E-state index in [1.165, 1.54) is 22.2 Å². The van der Waals surface area contributed by atoms with Crippen molar-refractivity contribution in [1.82, 2.24) is 4.98 Å². The Kier molecular flexibility index (Phi) is 2.27. The minimum atomic E-state index is 1.00. The van der Waals surface area contributed by atoms with Gasteiger partial charge in [-0.1, -0.05) is 48.5 Å². The van der Waals surface area contributed by atoms with E-state index < -0.39 is 0 Å². The van der Waals surface area contributed by atoms with Gasteiger partial charge in [-0.05, 0) is 12.5 Å². The SMILES string of the molecule is c1ccc(-c2nc3ccccc3c3c2CCN3)cc1. The summed E-state index contributed by atoms with van der Waals surface area (Å²) in [5.74, 6) is 0. The molecule has 0 radical (unpaired) electrons. The number of para-hydroxylation sites is 1. The van der Waals surface area contributed by atoms with E-state index in [1.54, 1.807) is 0 Å². The summed E-state index contributed by atoms with van der Waals surface area (Å²) in [6.07, 6.45) is 1.05. The van der Waals surface area contributed by atoms with Crippen LogP contribution in [0.1, 0.15) is 5.56 Å². The first kappa shape index (κ1) is 10.6. The van der Waals surface area contributed by atoms with E-state index in [4.69, 9.17) is 4.98 Å². The predicted molar refractivity (Wildman–Crippen MR) is 79.4 cm³/mol. The first-order chi connectivity index (χ1) is 9.43. The fraction of sp³-hybridized carbons (Fsp3) is 0.118. The van der Waals surface area contributed by atoms with E-state index >= 15 is 0 Å². The van der Waals surface area contributed by atoms with Crippen molar-refractivity contribution in [2.45, 2.75) is 6.42 Å². The van der Waals surface area contributed by atoms with Crippen molar-refractivity contribution >= 4 is 16.6 Å². The molecule has 0 unspecified atom stereocenters. The molecule has 2 heterocycles. The van der Waals surface area contributed by atoms with Gasteiger partial charge in [-0.25, -0.2) is 4.98 Å². The van der Waals surface area contributed by atoms with Crippen LogP contribution in [0.5, 0.6) is 0 Å². The lowest BCUT2D eigenvalue weighted by Crippen LogP contribution is -1.93. The van der Waals surface area contributed by atoms with Crippen molar-refractivity contribution in [3.05, 3.63) is 60.2 Å². The molecule has 19 heavy (non-hydrogen) atoms. The lowest BCUT2D eigenvalue weighted by molar-refractivity contribution is 1.10. The molecule has 2 aromatic carbocycles. The highest BCUT2D eigenvalue weighted by atomic mass is 14.9. The van der Waals surface area contributed by atoms with Crippen molar-refractivity contribution in [3.8, 4) is 11.3 Å². The molecule has 3 aromatic rings. The standard InChI is InChI=1S/C17H14N2/c1-2-6-12(7-3-1)16-14-10-11-18-17(14)13-8-4-5-9-15(13)19-16/h1-9,18H,10-11H2. The maximum absolute atomic E-state index is 4.88. The average molecular weight is 246 g/mol. The molecule has 1 aromatic heterocycles. The highest BCUT2D eigenvalue weighted by Crippen LogP contribution is 2.36. The molecule has 1 N–H and O–H groups in total. The number of benzene rings is 2. The smallest absolute Gasteiger partial charge is 0.0762 e. The topological polar surface area (TPSA) is 24.9 Å². The van der Waals surface area contributed by atoms with Gasteiger partial charge in [-0.3, -0.25) is 0 Å². The van der Waals surface area contributed by atoms with Gasteiger partial charge < -0.3 is 5.32 Å². The van der Waals surface area contributed by atoms with Crippen LogP contribution in [0, 0.1) is 0 Å². The average Bonchev–Trinajstić information content (AvgIpc) is 2.97. The second-order valence-electron chi connectivity index (χ2n) is 4.87. The fourth-order valence-electron chi connectivity index (χ4n) is 2.84. The fourth-order valence-corrected chi connectivity index (χ4v) is 2.84. The molecule has 92 valence electrons. The van der Waals surface area contributed by atoms with E-state index in [9.17, 15) is 0 Å². The summed E-state index contributed by atoms with van der Waals surface area (Å²) in [5.41, 5.74) is 6.01. The second kappa shape index (κ2) is 4.09. The highest BCUT2D eigenvalue weighted by molar-refractivity contribution is 5.97. The largest absolute Gasteiger partial charge is 0.384 e. The van der Waals surface area contributed by atoms with Crippen LogP contribution >= 0.6 is 0 Å². The number of anilines is 1. The molecule has 1 aliphatic rings. The summed E-state index contributed by atoms with van der Waals surface area (Å²) in [6, 6.07) is 18.8. The van der Waals surface area contributed by atoms with Crippen molar-refractivity contribution in [3.63, 3.8) is 0 Å². The number of fused-ring (bicyclic) bond motifs is 3. The van der Waals surface area contributed by atoms with E-state index in [0.29, 0.717) is 0 Å². The Labute approximate surface area is 112 Å². The molecule has 0 fully saturated rings. The van der Waals surface area contributed by atoms with Crippen LogP contribution in [0.25, 0.3) is 22.2 Å². The third kappa shape index (κ3) is 1.60. The second-order valence-corrected chi connectivity index (χ2v) is 4.87. The van der Waals surface area contributed by atoms with Crippen LogP contribution in [0.3, 0.4) is 0 Å². The lowest BCUT2D eigenvalue weighted by atomic mass is 10.0. The van der Waals surface area contributed by atoms with Gasteiger partial charge in [-0.2, -0.15) is 0 Å². The van der Waals surface area contributed by atoms with E-state index in [-0.39, 0.29) is 0 Å². The van der Waals surface area contributed by atoms with Gasteiger partial charge in [0.1, 0.15) is 0 Å². The Morgan fingerprint density at radius 3 is 2.58 bits per heavy atom. The van der Waals surface area contributed by atoms with Gasteiger partial charge in [0.2, 0.25) is 0 Å². The summed E-state index contributed by atoms with van der Waals surface area (Å²) in [5, 5.41) is 4.74. The van der Waals surface area contributed by atoms with Crippen LogP contribution in [0.2, 0.25) is 0 Å². The number of hydrogen-bond acceptors (Lipinski definition) is 2. The summed E-state index contributed by atoms with van der Waals surface area (Å²) >= 11 is 0. The number of nitrogens with one attached hydrogen (secondary N) is 1. The predicted octanol–water partition coefficient (Wildman–Crippen LogP) is 3.87. The number of hydrogen-bond donors (Lipinski definition) is 1. The zero-order chi connectivity index (χ0) is 12.7. The lowest BCUT2D eigenvalue weighted by Gasteiger charge is -2.11. The van der Waals surface area contributed by atoms with Gasteiger partial charge >= 0.3 is 0 Å². The normalized spacial score (nSPS) is 13.3. The molecule has 0 amide bonds. The van der Waals surface area contributed by atoms with Crippen LogP contribution in [-0.4, -0.2) is 11.5 Å². The van der Waals surface area contributed by atoms with Gasteiger partial charge in [0.15, 0.2) is 0 Å². The van der Waals surface area contributed by atoms with Gasteiger partial charge in [0.05, 0.1) is 11.2 Å². The number of pyridine rings is 1. The van der Waals surface area contributed by atoms with Crippen LogP contribution < -0.4 is 5.32 Å².